The lowest BCUT2D eigenvalue weighted by Gasteiger charge is -2.23. The summed E-state index contributed by atoms with van der Waals surface area (Å²) in [5.41, 5.74) is 0.190. The van der Waals surface area contributed by atoms with Crippen molar-refractivity contribution in [2.75, 3.05) is 0 Å². The van der Waals surface area contributed by atoms with Gasteiger partial charge in [-0.15, -0.1) is 0 Å². The molecule has 0 saturated carbocycles. The molecule has 0 amide bonds. The minimum Gasteiger partial charge on any atom is -0.462 e. The van der Waals surface area contributed by atoms with Crippen LogP contribution in [0.1, 0.15) is 138 Å². The quantitative estimate of drug-likeness (QED) is 0.0965. The molecule has 2 unspecified atom stereocenters. The van der Waals surface area contributed by atoms with Gasteiger partial charge in [0.25, 0.3) is 0 Å². The van der Waals surface area contributed by atoms with Crippen molar-refractivity contribution >= 4 is 11.9 Å². The third-order valence-electron chi connectivity index (χ3n) is 6.36. The van der Waals surface area contributed by atoms with Gasteiger partial charge in [-0.05, 0) is 37.5 Å². The molecular weight excluding hydrogens is 412 g/mol. The first-order chi connectivity index (χ1) is 15.7. The lowest BCUT2D eigenvalue weighted by molar-refractivity contribution is -0.154. The summed E-state index contributed by atoms with van der Waals surface area (Å²) in [4.78, 5) is 25.0. The monoisotopic (exact) mass is 466 g/mol. The van der Waals surface area contributed by atoms with Crippen LogP contribution in [0.25, 0.3) is 0 Å². The average Bonchev–Trinajstić information content (AvgIpc) is 2.76. The number of rotatable bonds is 21. The van der Waals surface area contributed by atoms with Gasteiger partial charge in [0.2, 0.25) is 0 Å². The van der Waals surface area contributed by atoms with E-state index in [9.17, 15) is 9.59 Å². The van der Waals surface area contributed by atoms with Crippen LogP contribution in [0.2, 0.25) is 0 Å². The number of hydrogen-bond acceptors (Lipinski definition) is 4. The standard InChI is InChI=1S/C29H54O4/c1-8-10-12-14-16-18-20-26(23(3)4)32-28(30)22-25(7)29(31)33-27(24(5)6)21-19-17-15-13-11-9-2/h23-24,26-27H,7-22H2,1-6H3. The fraction of sp³-hybridized carbons (Fsp3) is 0.862. The SMILES string of the molecule is C=C(CC(=O)OC(CCCCCCCC)C(C)C)C(=O)OC(CCCCCCCC)C(C)C. The van der Waals surface area contributed by atoms with Crippen LogP contribution in [-0.2, 0) is 19.1 Å². The van der Waals surface area contributed by atoms with E-state index in [2.05, 4.69) is 48.1 Å². The topological polar surface area (TPSA) is 52.6 Å². The van der Waals surface area contributed by atoms with Gasteiger partial charge in [-0.1, -0.05) is 112 Å². The molecule has 0 heterocycles. The molecule has 2 atom stereocenters. The summed E-state index contributed by atoms with van der Waals surface area (Å²) in [5.74, 6) is -0.341. The Bertz CT molecular complexity index is 524. The van der Waals surface area contributed by atoms with Crippen LogP contribution in [0.4, 0.5) is 0 Å². The zero-order chi connectivity index (χ0) is 25.1. The van der Waals surface area contributed by atoms with Gasteiger partial charge in [0.05, 0.1) is 6.42 Å². The maximum absolute atomic E-state index is 12.6. The van der Waals surface area contributed by atoms with Crippen molar-refractivity contribution in [3.8, 4) is 0 Å². The molecule has 0 bridgehead atoms. The predicted octanol–water partition coefficient (Wildman–Crippen LogP) is 8.57. The first-order valence-corrected chi connectivity index (χ1v) is 13.8. The molecule has 0 aliphatic heterocycles. The lowest BCUT2D eigenvalue weighted by Crippen LogP contribution is -2.27. The molecule has 33 heavy (non-hydrogen) atoms. The molecule has 194 valence electrons. The van der Waals surface area contributed by atoms with E-state index in [0.717, 1.165) is 25.7 Å². The van der Waals surface area contributed by atoms with Gasteiger partial charge in [0, 0.05) is 5.57 Å². The molecule has 0 saturated heterocycles. The van der Waals surface area contributed by atoms with Crippen LogP contribution in [0.5, 0.6) is 0 Å². The van der Waals surface area contributed by atoms with Gasteiger partial charge in [0.15, 0.2) is 0 Å². The Hall–Kier alpha value is -1.32. The normalized spacial score (nSPS) is 13.2. The predicted molar refractivity (Wildman–Crippen MR) is 139 cm³/mol. The van der Waals surface area contributed by atoms with Crippen molar-refractivity contribution in [2.24, 2.45) is 11.8 Å². The Morgan fingerprint density at radius 1 is 0.636 bits per heavy atom. The third kappa shape index (κ3) is 16.9. The lowest BCUT2D eigenvalue weighted by atomic mass is 9.99. The molecule has 0 fully saturated rings. The Balaban J connectivity index is 4.41. The highest BCUT2D eigenvalue weighted by molar-refractivity contribution is 5.93. The second-order valence-corrected chi connectivity index (χ2v) is 10.4. The van der Waals surface area contributed by atoms with E-state index in [4.69, 9.17) is 9.47 Å². The van der Waals surface area contributed by atoms with E-state index < -0.39 is 5.97 Å². The molecule has 0 aliphatic rings. The number of ether oxygens (including phenoxy) is 2. The van der Waals surface area contributed by atoms with Gasteiger partial charge in [-0.3, -0.25) is 4.79 Å². The number of unbranched alkanes of at least 4 members (excludes halogenated alkanes) is 10. The first kappa shape index (κ1) is 31.7. The highest BCUT2D eigenvalue weighted by Crippen LogP contribution is 2.20. The molecule has 4 heteroatoms. The molecule has 0 radical (unpaired) electrons. The van der Waals surface area contributed by atoms with E-state index in [1.54, 1.807) is 0 Å². The van der Waals surface area contributed by atoms with Crippen molar-refractivity contribution in [1.82, 2.24) is 0 Å². The zero-order valence-electron chi connectivity index (χ0n) is 22.8. The fourth-order valence-corrected chi connectivity index (χ4v) is 3.99. The Kier molecular flexibility index (Phi) is 19.3. The van der Waals surface area contributed by atoms with Crippen LogP contribution >= 0.6 is 0 Å². The average molecular weight is 467 g/mol. The summed E-state index contributed by atoms with van der Waals surface area (Å²) in [6.07, 6.45) is 16.0. The second kappa shape index (κ2) is 20.1. The van der Waals surface area contributed by atoms with Crippen molar-refractivity contribution < 1.29 is 19.1 Å². The molecule has 0 rings (SSSR count). The summed E-state index contributed by atoms with van der Waals surface area (Å²) in [6, 6.07) is 0. The smallest absolute Gasteiger partial charge is 0.334 e. The number of carbonyl (C=O) groups excluding carboxylic acids is 2. The zero-order valence-corrected chi connectivity index (χ0v) is 22.8. The third-order valence-corrected chi connectivity index (χ3v) is 6.36. The molecule has 0 aromatic rings. The van der Waals surface area contributed by atoms with Gasteiger partial charge in [0.1, 0.15) is 12.2 Å². The van der Waals surface area contributed by atoms with Crippen molar-refractivity contribution in [3.05, 3.63) is 12.2 Å². The van der Waals surface area contributed by atoms with E-state index in [1.165, 1.54) is 64.2 Å². The van der Waals surface area contributed by atoms with Gasteiger partial charge >= 0.3 is 11.9 Å². The minimum absolute atomic E-state index is 0.0968. The number of esters is 2. The Morgan fingerprint density at radius 3 is 1.45 bits per heavy atom. The summed E-state index contributed by atoms with van der Waals surface area (Å²) in [6.45, 7) is 16.6. The van der Waals surface area contributed by atoms with Gasteiger partial charge < -0.3 is 9.47 Å². The minimum atomic E-state index is -0.464. The highest BCUT2D eigenvalue weighted by Gasteiger charge is 2.23. The molecular formula is C29H54O4. The number of hydrogen-bond donors (Lipinski definition) is 0. The van der Waals surface area contributed by atoms with Crippen LogP contribution < -0.4 is 0 Å². The van der Waals surface area contributed by atoms with Crippen LogP contribution in [0.3, 0.4) is 0 Å². The second-order valence-electron chi connectivity index (χ2n) is 10.4. The summed E-state index contributed by atoms with van der Waals surface area (Å²) in [5, 5.41) is 0. The largest absolute Gasteiger partial charge is 0.462 e. The van der Waals surface area contributed by atoms with Crippen molar-refractivity contribution in [3.63, 3.8) is 0 Å². The maximum Gasteiger partial charge on any atom is 0.334 e. The molecule has 0 spiro atoms. The maximum atomic E-state index is 12.6. The molecule has 0 aromatic heterocycles. The fourth-order valence-electron chi connectivity index (χ4n) is 3.99. The van der Waals surface area contributed by atoms with E-state index >= 15 is 0 Å². The van der Waals surface area contributed by atoms with E-state index in [0.29, 0.717) is 0 Å². The summed E-state index contributed by atoms with van der Waals surface area (Å²) >= 11 is 0. The van der Waals surface area contributed by atoms with Gasteiger partial charge in [-0.2, -0.15) is 0 Å². The van der Waals surface area contributed by atoms with E-state index in [1.807, 2.05) is 0 Å². The number of carbonyl (C=O) groups is 2. The molecule has 0 N–H and O–H groups in total. The van der Waals surface area contributed by atoms with Crippen molar-refractivity contribution in [2.45, 2.75) is 150 Å². The highest BCUT2D eigenvalue weighted by atomic mass is 16.6. The van der Waals surface area contributed by atoms with Gasteiger partial charge in [-0.25, -0.2) is 4.79 Å². The van der Waals surface area contributed by atoms with Crippen LogP contribution in [0.15, 0.2) is 12.2 Å². The molecule has 4 nitrogen and oxygen atoms in total. The van der Waals surface area contributed by atoms with Crippen LogP contribution in [0, 0.1) is 11.8 Å². The van der Waals surface area contributed by atoms with E-state index in [-0.39, 0.29) is 42.0 Å². The summed E-state index contributed by atoms with van der Waals surface area (Å²) < 4.78 is 11.4. The molecule has 0 aromatic carbocycles. The first-order valence-electron chi connectivity index (χ1n) is 13.8. The van der Waals surface area contributed by atoms with Crippen LogP contribution in [-0.4, -0.2) is 24.1 Å². The Morgan fingerprint density at radius 2 is 1.03 bits per heavy atom. The molecule has 0 aliphatic carbocycles. The summed E-state index contributed by atoms with van der Waals surface area (Å²) in [7, 11) is 0. The Labute approximate surface area is 205 Å². The van der Waals surface area contributed by atoms with Crippen molar-refractivity contribution in [1.29, 1.82) is 0 Å².